The number of piperidine rings is 1. The van der Waals surface area contributed by atoms with Gasteiger partial charge < -0.3 is 30.7 Å². The molecular formula is C33H32F4N4O5. The Hall–Kier alpha value is -4.81. The van der Waals surface area contributed by atoms with Crippen molar-refractivity contribution < 1.29 is 41.8 Å². The highest BCUT2D eigenvalue weighted by Crippen LogP contribution is 2.53. The molecule has 1 aliphatic carbocycles. The minimum atomic E-state index is -1.67. The molecule has 1 saturated heterocycles. The molecular weight excluding hydrogens is 608 g/mol. The molecule has 2 heterocycles. The largest absolute Gasteiger partial charge is 0.490 e. The van der Waals surface area contributed by atoms with Gasteiger partial charge in [0.05, 0.1) is 5.69 Å². The number of fused-ring (bicyclic) bond motifs is 3. The number of urea groups is 1. The number of amides is 3. The van der Waals surface area contributed by atoms with Crippen LogP contribution in [0.2, 0.25) is 0 Å². The van der Waals surface area contributed by atoms with E-state index < -0.39 is 53.0 Å². The third-order valence-corrected chi connectivity index (χ3v) is 9.13. The zero-order chi connectivity index (χ0) is 32.6. The first-order chi connectivity index (χ1) is 22.0. The van der Waals surface area contributed by atoms with Crippen molar-refractivity contribution in [2.24, 2.45) is 0 Å². The first-order valence-electron chi connectivity index (χ1n) is 15.0. The van der Waals surface area contributed by atoms with Gasteiger partial charge in [0.2, 0.25) is 5.91 Å². The molecule has 46 heavy (non-hydrogen) atoms. The van der Waals surface area contributed by atoms with Crippen LogP contribution in [0.25, 0.3) is 0 Å². The fourth-order valence-electron chi connectivity index (χ4n) is 6.88. The second kappa shape index (κ2) is 12.5. The van der Waals surface area contributed by atoms with Crippen molar-refractivity contribution in [1.29, 1.82) is 0 Å². The topological polar surface area (TPSA) is 120 Å². The Kier molecular flexibility index (Phi) is 8.49. The third-order valence-electron chi connectivity index (χ3n) is 9.13. The summed E-state index contributed by atoms with van der Waals surface area (Å²) in [5.74, 6) is -6.72. The van der Waals surface area contributed by atoms with E-state index in [0.29, 0.717) is 69.1 Å². The lowest BCUT2D eigenvalue weighted by Crippen LogP contribution is -2.46. The molecule has 9 nitrogen and oxygen atoms in total. The van der Waals surface area contributed by atoms with Gasteiger partial charge in [-0.25, -0.2) is 27.2 Å². The fourth-order valence-corrected chi connectivity index (χ4v) is 6.88. The van der Waals surface area contributed by atoms with E-state index in [1.807, 2.05) is 6.07 Å². The van der Waals surface area contributed by atoms with E-state index >= 15 is 0 Å². The second-order valence-electron chi connectivity index (χ2n) is 12.1. The van der Waals surface area contributed by atoms with Crippen molar-refractivity contribution in [2.45, 2.75) is 49.5 Å². The maximum absolute atomic E-state index is 14.5. The predicted octanol–water partition coefficient (Wildman–Crippen LogP) is 5.30. The van der Waals surface area contributed by atoms with E-state index in [4.69, 9.17) is 4.74 Å². The highest BCUT2D eigenvalue weighted by Gasteiger charge is 2.46. The van der Waals surface area contributed by atoms with E-state index in [2.05, 4.69) is 16.0 Å². The van der Waals surface area contributed by atoms with Crippen LogP contribution in [0.1, 0.15) is 48.3 Å². The van der Waals surface area contributed by atoms with Gasteiger partial charge in [0.15, 0.2) is 17.5 Å². The summed E-state index contributed by atoms with van der Waals surface area (Å²) < 4.78 is 60.9. The van der Waals surface area contributed by atoms with Crippen LogP contribution < -0.4 is 20.7 Å². The van der Waals surface area contributed by atoms with E-state index in [0.717, 1.165) is 16.8 Å². The molecule has 0 radical (unpaired) electrons. The van der Waals surface area contributed by atoms with Crippen LogP contribution in [-0.4, -0.2) is 60.2 Å². The van der Waals surface area contributed by atoms with Gasteiger partial charge in [-0.2, -0.15) is 0 Å². The van der Waals surface area contributed by atoms with Gasteiger partial charge in [-0.05, 0) is 83.7 Å². The number of halogens is 4. The molecule has 3 aromatic rings. The van der Waals surface area contributed by atoms with Gasteiger partial charge in [-0.3, -0.25) is 4.79 Å². The number of rotatable bonds is 7. The molecule has 0 saturated carbocycles. The van der Waals surface area contributed by atoms with Gasteiger partial charge >= 0.3 is 12.0 Å². The minimum Gasteiger partial charge on any atom is -0.490 e. The zero-order valence-electron chi connectivity index (χ0n) is 24.7. The Morgan fingerprint density at radius 2 is 1.76 bits per heavy atom. The van der Waals surface area contributed by atoms with E-state index in [-0.39, 0.29) is 23.9 Å². The number of nitrogens with zero attached hydrogens (tertiary/aromatic N) is 1. The summed E-state index contributed by atoms with van der Waals surface area (Å²) in [7, 11) is 0. The number of nitrogens with one attached hydrogen (secondary N) is 3. The summed E-state index contributed by atoms with van der Waals surface area (Å²) >= 11 is 0. The lowest BCUT2D eigenvalue weighted by atomic mass is 9.73. The number of likely N-dealkylation sites (tertiary alicyclic amines) is 1. The van der Waals surface area contributed by atoms with E-state index in [1.165, 1.54) is 12.1 Å². The van der Waals surface area contributed by atoms with Crippen molar-refractivity contribution in [2.75, 3.05) is 36.9 Å². The number of hydrogen-bond donors (Lipinski definition) is 4. The first kappa shape index (κ1) is 31.2. The predicted molar refractivity (Wildman–Crippen MR) is 160 cm³/mol. The fraction of sp³-hybridized carbons (Fsp3) is 0.364. The Bertz CT molecular complexity index is 1670. The van der Waals surface area contributed by atoms with E-state index in [9.17, 15) is 37.1 Å². The normalized spacial score (nSPS) is 18.5. The van der Waals surface area contributed by atoms with Crippen LogP contribution in [0, 0.1) is 23.3 Å². The van der Waals surface area contributed by atoms with E-state index in [1.54, 1.807) is 23.1 Å². The smallest absolute Gasteiger partial charge is 0.326 e. The Morgan fingerprint density at radius 1 is 1.02 bits per heavy atom. The second-order valence-corrected chi connectivity index (χ2v) is 12.1. The van der Waals surface area contributed by atoms with Crippen molar-refractivity contribution in [3.05, 3.63) is 88.5 Å². The number of hydrogen-bond acceptors (Lipinski definition) is 5. The molecule has 3 amide bonds. The van der Waals surface area contributed by atoms with Crippen LogP contribution in [-0.2, 0) is 21.4 Å². The SMILES string of the molecule is O=C(C[C@@H]1CC2(CCN(C(=O)Nc3ccc4c(c3)OCCN4)CC2)c2cc(F)ccc21)N[C@H](Cc1cc(F)c(F)c(F)c1)C(=O)O. The summed E-state index contributed by atoms with van der Waals surface area (Å²) in [6, 6.07) is 9.44. The Balaban J connectivity index is 1.11. The number of carboxylic acids is 1. The van der Waals surface area contributed by atoms with Gasteiger partial charge in [-0.15, -0.1) is 0 Å². The zero-order valence-corrected chi connectivity index (χ0v) is 24.7. The number of ether oxygens (including phenoxy) is 1. The molecule has 242 valence electrons. The molecule has 4 N–H and O–H groups in total. The number of carboxylic acid groups (broad SMARTS) is 1. The number of carbonyl (C=O) groups excluding carboxylic acids is 2. The minimum absolute atomic E-state index is 0.101. The third kappa shape index (κ3) is 6.31. The molecule has 6 rings (SSSR count). The summed E-state index contributed by atoms with van der Waals surface area (Å²) in [6.45, 7) is 2.03. The molecule has 13 heteroatoms. The summed E-state index contributed by atoms with van der Waals surface area (Å²) in [5.41, 5.74) is 2.40. The van der Waals surface area contributed by atoms with Crippen LogP contribution in [0.4, 0.5) is 33.7 Å². The lowest BCUT2D eigenvalue weighted by Gasteiger charge is -2.40. The number of anilines is 2. The van der Waals surface area contributed by atoms with Crippen molar-refractivity contribution in [3.8, 4) is 5.75 Å². The van der Waals surface area contributed by atoms with Crippen molar-refractivity contribution >= 4 is 29.3 Å². The molecule has 0 bridgehead atoms. The monoisotopic (exact) mass is 640 g/mol. The standard InChI is InChI=1S/C33H32F4N4O5/c34-20-1-3-22-19(14-29(42)40-27(31(43)44)13-18-11-24(35)30(37)25(36)12-18)17-33(23(22)15-20)5-8-41(9-6-33)32(45)39-21-2-4-26-28(16-21)46-10-7-38-26/h1-4,11-12,15-16,19,27,38H,5-10,13-14,17H2,(H,39,45)(H,40,42)(H,43,44)/t19-,27-/m1/s1. The molecule has 3 aromatic carbocycles. The van der Waals surface area contributed by atoms with Crippen LogP contribution in [0.15, 0.2) is 48.5 Å². The highest BCUT2D eigenvalue weighted by atomic mass is 19.2. The van der Waals surface area contributed by atoms with Gasteiger partial charge in [0.1, 0.15) is 24.2 Å². The lowest BCUT2D eigenvalue weighted by molar-refractivity contribution is -0.141. The average Bonchev–Trinajstić information content (AvgIpc) is 3.30. The number of aliphatic carboxylic acids is 1. The maximum atomic E-state index is 14.5. The maximum Gasteiger partial charge on any atom is 0.326 e. The molecule has 1 spiro atoms. The Labute approximate surface area is 261 Å². The summed E-state index contributed by atoms with van der Waals surface area (Å²) in [6.07, 6.45) is 1.00. The van der Waals surface area contributed by atoms with Crippen molar-refractivity contribution in [3.63, 3.8) is 0 Å². The highest BCUT2D eigenvalue weighted by molar-refractivity contribution is 5.90. The molecule has 2 atom stereocenters. The van der Waals surface area contributed by atoms with Gasteiger partial charge in [-0.1, -0.05) is 6.07 Å². The van der Waals surface area contributed by atoms with Crippen molar-refractivity contribution in [1.82, 2.24) is 10.2 Å². The summed E-state index contributed by atoms with van der Waals surface area (Å²) in [5, 5.41) is 18.2. The van der Waals surface area contributed by atoms with Crippen LogP contribution >= 0.6 is 0 Å². The number of benzene rings is 3. The molecule has 1 fully saturated rings. The molecule has 2 aliphatic heterocycles. The quantitative estimate of drug-likeness (QED) is 0.206. The first-order valence-corrected chi connectivity index (χ1v) is 15.0. The van der Waals surface area contributed by atoms with Gasteiger partial charge in [0, 0.05) is 44.2 Å². The Morgan fingerprint density at radius 3 is 2.48 bits per heavy atom. The average molecular weight is 641 g/mol. The van der Waals surface area contributed by atoms with Gasteiger partial charge in [0.25, 0.3) is 0 Å². The molecule has 0 unspecified atom stereocenters. The molecule has 0 aromatic heterocycles. The molecule has 3 aliphatic rings. The number of carbonyl (C=O) groups is 3. The van der Waals surface area contributed by atoms with Crippen LogP contribution in [0.5, 0.6) is 5.75 Å². The summed E-state index contributed by atoms with van der Waals surface area (Å²) in [4.78, 5) is 39.8. The van der Waals surface area contributed by atoms with Crippen LogP contribution in [0.3, 0.4) is 0 Å².